The van der Waals surface area contributed by atoms with Crippen LogP contribution < -0.4 is 0 Å². The number of nitrogens with zero attached hydrogens (tertiary/aromatic N) is 2. The molecule has 1 radical (unpaired) electrons. The van der Waals surface area contributed by atoms with Crippen LogP contribution in [0.2, 0.25) is 0 Å². The molecule has 3 rings (SSSR count). The third-order valence-corrected chi connectivity index (χ3v) is 3.82. The second-order valence-corrected chi connectivity index (χ2v) is 6.22. The van der Waals surface area contributed by atoms with Gasteiger partial charge in [0.15, 0.2) is 11.5 Å². The van der Waals surface area contributed by atoms with Gasteiger partial charge in [0.25, 0.3) is 10.1 Å². The molecule has 0 saturated carbocycles. The third-order valence-electron chi connectivity index (χ3n) is 3.01. The Balaban J connectivity index is 1.80. The van der Waals surface area contributed by atoms with Crippen LogP contribution in [0.5, 0.6) is 0 Å². The molecule has 0 spiro atoms. The lowest BCUT2D eigenvalue weighted by Crippen LogP contribution is -2.04. The quantitative estimate of drug-likeness (QED) is 0.731. The normalized spacial score (nSPS) is 12.0. The van der Waals surface area contributed by atoms with Crippen molar-refractivity contribution in [2.24, 2.45) is 0 Å². The van der Waals surface area contributed by atoms with Crippen LogP contribution in [-0.2, 0) is 16.5 Å². The summed E-state index contributed by atoms with van der Waals surface area (Å²) in [4.78, 5) is 4.29. The van der Waals surface area contributed by atoms with Crippen LogP contribution in [0.4, 0.5) is 0 Å². The van der Waals surface area contributed by atoms with Gasteiger partial charge in [-0.1, -0.05) is 0 Å². The molecular formula is C14H13N2O4S. The molecular weight excluding hydrogens is 292 g/mol. The van der Waals surface area contributed by atoms with E-state index in [1.807, 2.05) is 35.2 Å². The number of hydrogen-bond acceptors (Lipinski definition) is 4. The zero-order chi connectivity index (χ0) is 14.9. The second kappa shape index (κ2) is 5.34. The fraction of sp³-hybridized carbons (Fsp3) is 0.214. The molecule has 1 N–H and O–H groups in total. The maximum atomic E-state index is 10.7. The van der Waals surface area contributed by atoms with Crippen molar-refractivity contribution in [1.82, 2.24) is 9.55 Å². The standard InChI is InChI=1S/C14H13N2O4S/c17-21(18,19)9-3-4-14-15-12-10-11(5-6-13(12)20-14)16-7-1-2-8-16/h1-2,5-8H,3-4,9H2,(H,17,18,19). The molecule has 109 valence electrons. The Kier molecular flexibility index (Phi) is 3.52. The number of hydrogen-bond donors (Lipinski definition) is 1. The van der Waals surface area contributed by atoms with Crippen molar-refractivity contribution in [2.45, 2.75) is 12.8 Å². The number of aromatic nitrogens is 2. The Labute approximate surface area is 121 Å². The van der Waals surface area contributed by atoms with Crippen LogP contribution in [0.15, 0.2) is 41.1 Å². The zero-order valence-corrected chi connectivity index (χ0v) is 11.9. The molecule has 0 aliphatic carbocycles. The highest BCUT2D eigenvalue weighted by Gasteiger charge is 2.10. The predicted molar refractivity (Wildman–Crippen MR) is 76.9 cm³/mol. The van der Waals surface area contributed by atoms with Crippen molar-refractivity contribution in [1.29, 1.82) is 0 Å². The minimum Gasteiger partial charge on any atom is -0.441 e. The second-order valence-electron chi connectivity index (χ2n) is 4.64. The van der Waals surface area contributed by atoms with E-state index in [0.717, 1.165) is 5.69 Å². The largest absolute Gasteiger partial charge is 0.441 e. The molecule has 2 aromatic heterocycles. The van der Waals surface area contributed by atoms with Gasteiger partial charge in [0.05, 0.1) is 11.4 Å². The van der Waals surface area contributed by atoms with Gasteiger partial charge in [-0.3, -0.25) is 4.55 Å². The van der Waals surface area contributed by atoms with Gasteiger partial charge in [-0.05, 0) is 30.7 Å². The first kappa shape index (κ1) is 13.8. The Morgan fingerprint density at radius 1 is 1.29 bits per heavy atom. The van der Waals surface area contributed by atoms with Crippen LogP contribution in [0, 0.1) is 6.07 Å². The van der Waals surface area contributed by atoms with E-state index in [2.05, 4.69) is 11.1 Å². The average molecular weight is 305 g/mol. The summed E-state index contributed by atoms with van der Waals surface area (Å²) in [5.41, 5.74) is 2.06. The summed E-state index contributed by atoms with van der Waals surface area (Å²) in [5.74, 6) is 0.138. The van der Waals surface area contributed by atoms with E-state index in [0.29, 0.717) is 23.4 Å². The van der Waals surface area contributed by atoms with Crippen LogP contribution in [-0.4, -0.2) is 28.3 Å². The van der Waals surface area contributed by atoms with Gasteiger partial charge in [0.1, 0.15) is 5.52 Å². The van der Waals surface area contributed by atoms with Crippen LogP contribution in [0.25, 0.3) is 16.8 Å². The van der Waals surface area contributed by atoms with Crippen LogP contribution >= 0.6 is 0 Å². The Morgan fingerprint density at radius 3 is 2.76 bits per heavy atom. The van der Waals surface area contributed by atoms with Crippen molar-refractivity contribution in [2.75, 3.05) is 5.75 Å². The molecule has 0 saturated heterocycles. The molecule has 0 fully saturated rings. The van der Waals surface area contributed by atoms with Crippen molar-refractivity contribution in [3.63, 3.8) is 0 Å². The van der Waals surface area contributed by atoms with E-state index < -0.39 is 10.1 Å². The summed E-state index contributed by atoms with van der Waals surface area (Å²) in [6.45, 7) is 0. The van der Waals surface area contributed by atoms with Gasteiger partial charge in [-0.2, -0.15) is 8.42 Å². The number of fused-ring (bicyclic) bond motifs is 1. The molecule has 0 amide bonds. The molecule has 7 heteroatoms. The van der Waals surface area contributed by atoms with Gasteiger partial charge in [-0.15, -0.1) is 0 Å². The highest BCUT2D eigenvalue weighted by Crippen LogP contribution is 2.19. The molecule has 0 aliphatic rings. The molecule has 0 aliphatic heterocycles. The Morgan fingerprint density at radius 2 is 2.05 bits per heavy atom. The monoisotopic (exact) mass is 305 g/mol. The first-order valence-corrected chi connectivity index (χ1v) is 8.02. The predicted octanol–water partition coefficient (Wildman–Crippen LogP) is 2.24. The minimum absolute atomic E-state index is 0.260. The first-order valence-electron chi connectivity index (χ1n) is 6.41. The fourth-order valence-corrected chi connectivity index (χ4v) is 2.57. The van der Waals surface area contributed by atoms with E-state index in [9.17, 15) is 8.42 Å². The highest BCUT2D eigenvalue weighted by atomic mass is 32.2. The summed E-state index contributed by atoms with van der Waals surface area (Å²) in [6, 6.07) is 10.7. The van der Waals surface area contributed by atoms with Gasteiger partial charge < -0.3 is 8.98 Å². The lowest BCUT2D eigenvalue weighted by Gasteiger charge is -2.00. The maximum Gasteiger partial charge on any atom is 0.264 e. The number of oxazole rings is 1. The molecule has 6 nitrogen and oxygen atoms in total. The Bertz CT molecular complexity index is 850. The van der Waals surface area contributed by atoms with E-state index in [4.69, 9.17) is 8.97 Å². The average Bonchev–Trinajstić information content (AvgIpc) is 3.05. The molecule has 0 unspecified atom stereocenters. The number of aryl methyl sites for hydroxylation is 1. The molecule has 1 aromatic carbocycles. The topological polar surface area (TPSA) is 85.3 Å². The maximum absolute atomic E-state index is 10.7. The van der Waals surface area contributed by atoms with Crippen LogP contribution in [0.3, 0.4) is 0 Å². The fourth-order valence-electron chi connectivity index (χ4n) is 2.06. The molecule has 3 aromatic rings. The summed E-state index contributed by atoms with van der Waals surface area (Å²) < 4.78 is 37.5. The Hall–Kier alpha value is -2.12. The third kappa shape index (κ3) is 3.32. The number of rotatable bonds is 5. The van der Waals surface area contributed by atoms with E-state index in [-0.39, 0.29) is 12.2 Å². The van der Waals surface area contributed by atoms with Crippen molar-refractivity contribution < 1.29 is 17.4 Å². The van der Waals surface area contributed by atoms with E-state index >= 15 is 0 Å². The summed E-state index contributed by atoms with van der Waals surface area (Å²) in [6.07, 6.45) is 4.42. The van der Waals surface area contributed by atoms with Crippen molar-refractivity contribution in [3.8, 4) is 5.69 Å². The lowest BCUT2D eigenvalue weighted by atomic mass is 10.3. The zero-order valence-electron chi connectivity index (χ0n) is 11.1. The van der Waals surface area contributed by atoms with Crippen molar-refractivity contribution in [3.05, 3.63) is 48.6 Å². The van der Waals surface area contributed by atoms with E-state index in [1.54, 1.807) is 6.07 Å². The van der Waals surface area contributed by atoms with Gasteiger partial charge >= 0.3 is 0 Å². The van der Waals surface area contributed by atoms with Gasteiger partial charge in [-0.25, -0.2) is 4.98 Å². The lowest BCUT2D eigenvalue weighted by molar-refractivity contribution is 0.477. The molecule has 2 heterocycles. The summed E-state index contributed by atoms with van der Waals surface area (Å²) >= 11 is 0. The SMILES string of the molecule is O=S(=O)(O)CCCc1nc2[c]c(-n3cccc3)ccc2o1. The molecule has 0 atom stereocenters. The smallest absolute Gasteiger partial charge is 0.264 e. The highest BCUT2D eigenvalue weighted by molar-refractivity contribution is 7.85. The first-order chi connectivity index (χ1) is 10.0. The summed E-state index contributed by atoms with van der Waals surface area (Å²) in [7, 11) is -3.94. The number of benzene rings is 1. The van der Waals surface area contributed by atoms with Crippen molar-refractivity contribution >= 4 is 21.2 Å². The van der Waals surface area contributed by atoms with Gasteiger partial charge in [0, 0.05) is 24.9 Å². The minimum atomic E-state index is -3.94. The summed E-state index contributed by atoms with van der Waals surface area (Å²) in [5, 5.41) is 0. The van der Waals surface area contributed by atoms with Gasteiger partial charge in [0.2, 0.25) is 0 Å². The molecule has 0 bridgehead atoms. The van der Waals surface area contributed by atoms with Crippen LogP contribution in [0.1, 0.15) is 12.3 Å². The van der Waals surface area contributed by atoms with E-state index in [1.165, 1.54) is 0 Å². The molecule has 21 heavy (non-hydrogen) atoms.